The molecule has 8 heteroatoms. The second kappa shape index (κ2) is 11.6. The summed E-state index contributed by atoms with van der Waals surface area (Å²) in [6.45, 7) is 11.3. The predicted octanol–water partition coefficient (Wildman–Crippen LogP) is 2.49. The van der Waals surface area contributed by atoms with E-state index in [1.54, 1.807) is 11.8 Å². The van der Waals surface area contributed by atoms with Gasteiger partial charge >= 0.3 is 6.09 Å². The molecule has 0 aliphatic carbocycles. The van der Waals surface area contributed by atoms with Crippen molar-refractivity contribution in [3.63, 3.8) is 0 Å². The fourth-order valence-electron chi connectivity index (χ4n) is 2.66. The van der Waals surface area contributed by atoms with Crippen molar-refractivity contribution in [2.75, 3.05) is 31.1 Å². The number of aliphatic imine (C=N–C) groups is 1. The Morgan fingerprint density at radius 2 is 2.07 bits per heavy atom. The molecule has 0 aromatic rings. The van der Waals surface area contributed by atoms with Gasteiger partial charge in [0.15, 0.2) is 5.96 Å². The molecule has 1 aliphatic heterocycles. The molecule has 0 spiro atoms. The summed E-state index contributed by atoms with van der Waals surface area (Å²) in [5.41, 5.74) is -1.22. The first kappa shape index (κ1) is 23.9. The van der Waals surface area contributed by atoms with Crippen molar-refractivity contribution < 1.29 is 14.6 Å². The number of carbonyl (C=O) groups excluding carboxylic acids is 1. The fraction of sp³-hybridized carbons (Fsp3) is 0.895. The first-order valence-electron chi connectivity index (χ1n) is 9.99. The van der Waals surface area contributed by atoms with Gasteiger partial charge in [-0.2, -0.15) is 11.8 Å². The lowest BCUT2D eigenvalue weighted by Crippen LogP contribution is -2.49. The van der Waals surface area contributed by atoms with Crippen LogP contribution >= 0.6 is 11.8 Å². The van der Waals surface area contributed by atoms with Crippen LogP contribution in [0.4, 0.5) is 4.79 Å². The summed E-state index contributed by atoms with van der Waals surface area (Å²) in [7, 11) is 0. The summed E-state index contributed by atoms with van der Waals surface area (Å²) in [5, 5.41) is 20.0. The first-order chi connectivity index (χ1) is 12.7. The van der Waals surface area contributed by atoms with Crippen molar-refractivity contribution in [1.29, 1.82) is 0 Å². The maximum absolute atomic E-state index is 11.9. The normalized spacial score (nSPS) is 21.6. The molecule has 1 saturated heterocycles. The molecule has 1 amide bonds. The maximum atomic E-state index is 11.9. The number of alkyl carbamates (subject to hydrolysis) is 1. The number of hydrogen-bond donors (Lipinski definition) is 4. The third-order valence-electron chi connectivity index (χ3n) is 4.10. The molecule has 27 heavy (non-hydrogen) atoms. The molecule has 2 unspecified atom stereocenters. The van der Waals surface area contributed by atoms with Gasteiger partial charge in [-0.05, 0) is 46.3 Å². The van der Waals surface area contributed by atoms with Crippen LogP contribution in [0.1, 0.15) is 60.3 Å². The van der Waals surface area contributed by atoms with Crippen LogP contribution in [-0.2, 0) is 4.74 Å². The third kappa shape index (κ3) is 10.7. The second-order valence-electron chi connectivity index (χ2n) is 8.09. The van der Waals surface area contributed by atoms with Gasteiger partial charge in [0.1, 0.15) is 5.60 Å². The molecule has 1 heterocycles. The molecule has 0 bridgehead atoms. The minimum Gasteiger partial charge on any atom is -0.444 e. The molecule has 0 saturated carbocycles. The van der Waals surface area contributed by atoms with Crippen LogP contribution in [-0.4, -0.2) is 65.5 Å². The molecule has 0 aromatic carbocycles. The topological polar surface area (TPSA) is 95.0 Å². The van der Waals surface area contributed by atoms with Crippen LogP contribution in [0.5, 0.6) is 0 Å². The smallest absolute Gasteiger partial charge is 0.407 e. The Labute approximate surface area is 168 Å². The van der Waals surface area contributed by atoms with E-state index in [0.717, 1.165) is 43.7 Å². The van der Waals surface area contributed by atoms with Crippen molar-refractivity contribution in [3.05, 3.63) is 0 Å². The third-order valence-corrected chi connectivity index (χ3v) is 5.33. The number of amides is 1. The van der Waals surface area contributed by atoms with E-state index >= 15 is 0 Å². The largest absolute Gasteiger partial charge is 0.444 e. The van der Waals surface area contributed by atoms with Crippen LogP contribution < -0.4 is 16.0 Å². The summed E-state index contributed by atoms with van der Waals surface area (Å²) in [5.74, 6) is 2.39. The summed E-state index contributed by atoms with van der Waals surface area (Å²) < 4.78 is 5.31. The van der Waals surface area contributed by atoms with Crippen LogP contribution in [0.25, 0.3) is 0 Å². The number of aliphatic hydroxyl groups is 1. The van der Waals surface area contributed by atoms with Crippen molar-refractivity contribution in [1.82, 2.24) is 16.0 Å². The Balaban J connectivity index is 2.64. The number of rotatable bonds is 9. The maximum Gasteiger partial charge on any atom is 0.407 e. The van der Waals surface area contributed by atoms with Crippen LogP contribution in [0.15, 0.2) is 4.99 Å². The molecule has 1 aliphatic rings. The Hall–Kier alpha value is -1.15. The Bertz CT molecular complexity index is 474. The highest BCUT2D eigenvalue weighted by molar-refractivity contribution is 7.99. The average Bonchev–Trinajstić information content (AvgIpc) is 3.00. The van der Waals surface area contributed by atoms with Gasteiger partial charge in [-0.15, -0.1) is 0 Å². The van der Waals surface area contributed by atoms with Gasteiger partial charge in [-0.3, -0.25) is 4.99 Å². The molecule has 158 valence electrons. The SMILES string of the molecule is CCCCC(CNC(=O)OC(C)(C)C)NC(=NCC1(O)CCSC1)NCC. The molecule has 0 radical (unpaired) electrons. The lowest BCUT2D eigenvalue weighted by Gasteiger charge is -2.25. The van der Waals surface area contributed by atoms with Gasteiger partial charge in [0.25, 0.3) is 0 Å². The lowest BCUT2D eigenvalue weighted by molar-refractivity contribution is 0.0522. The van der Waals surface area contributed by atoms with Gasteiger partial charge in [0.2, 0.25) is 0 Å². The van der Waals surface area contributed by atoms with E-state index in [-0.39, 0.29) is 6.04 Å². The Kier molecular flexibility index (Phi) is 10.3. The van der Waals surface area contributed by atoms with E-state index in [1.807, 2.05) is 27.7 Å². The van der Waals surface area contributed by atoms with E-state index in [0.29, 0.717) is 19.0 Å². The van der Waals surface area contributed by atoms with Crippen LogP contribution in [0.2, 0.25) is 0 Å². The van der Waals surface area contributed by atoms with Crippen molar-refractivity contribution in [3.8, 4) is 0 Å². The van der Waals surface area contributed by atoms with E-state index in [1.165, 1.54) is 0 Å². The quantitative estimate of drug-likeness (QED) is 0.350. The van der Waals surface area contributed by atoms with Crippen molar-refractivity contribution in [2.45, 2.75) is 77.5 Å². The van der Waals surface area contributed by atoms with E-state index in [4.69, 9.17) is 4.74 Å². The molecular weight excluding hydrogens is 364 g/mol. The van der Waals surface area contributed by atoms with Gasteiger partial charge in [0.05, 0.1) is 12.1 Å². The highest BCUT2D eigenvalue weighted by Gasteiger charge is 2.31. The monoisotopic (exact) mass is 402 g/mol. The zero-order valence-electron chi connectivity index (χ0n) is 17.6. The highest BCUT2D eigenvalue weighted by Crippen LogP contribution is 2.27. The number of nitrogens with one attached hydrogen (secondary N) is 3. The zero-order valence-corrected chi connectivity index (χ0v) is 18.4. The molecule has 4 N–H and O–H groups in total. The standard InChI is InChI=1S/C19H38N4O3S/c1-6-8-9-15(12-21-17(24)26-18(3,4)5)23-16(20-7-2)22-13-19(25)10-11-27-14-19/h15,25H,6-14H2,1-5H3,(H,21,24)(H2,20,22,23). The second-order valence-corrected chi connectivity index (χ2v) is 9.19. The predicted molar refractivity (Wildman–Crippen MR) is 114 cm³/mol. The Morgan fingerprint density at radius 1 is 1.33 bits per heavy atom. The lowest BCUT2D eigenvalue weighted by atomic mass is 10.0. The molecule has 7 nitrogen and oxygen atoms in total. The van der Waals surface area contributed by atoms with Gasteiger partial charge in [-0.1, -0.05) is 19.8 Å². The van der Waals surface area contributed by atoms with Gasteiger partial charge in [0, 0.05) is 24.9 Å². The van der Waals surface area contributed by atoms with Crippen molar-refractivity contribution >= 4 is 23.8 Å². The van der Waals surface area contributed by atoms with Crippen LogP contribution in [0.3, 0.4) is 0 Å². The van der Waals surface area contributed by atoms with E-state index in [2.05, 4.69) is 27.9 Å². The average molecular weight is 403 g/mol. The number of carbonyl (C=O) groups is 1. The number of guanidine groups is 1. The summed E-state index contributed by atoms with van der Waals surface area (Å²) >= 11 is 1.77. The number of ether oxygens (including phenoxy) is 1. The van der Waals surface area contributed by atoms with Gasteiger partial charge < -0.3 is 25.8 Å². The summed E-state index contributed by atoms with van der Waals surface area (Å²) in [6.07, 6.45) is 3.41. The molecular formula is C19H38N4O3S. The number of nitrogens with zero attached hydrogens (tertiary/aromatic N) is 1. The van der Waals surface area contributed by atoms with E-state index in [9.17, 15) is 9.90 Å². The minimum absolute atomic E-state index is 0.0443. The minimum atomic E-state index is -0.708. The van der Waals surface area contributed by atoms with Crippen LogP contribution in [0, 0.1) is 0 Å². The first-order valence-corrected chi connectivity index (χ1v) is 11.1. The molecule has 0 aromatic heterocycles. The molecule has 1 fully saturated rings. The fourth-order valence-corrected chi connectivity index (χ4v) is 3.94. The van der Waals surface area contributed by atoms with E-state index < -0.39 is 17.3 Å². The number of thioether (sulfide) groups is 1. The Morgan fingerprint density at radius 3 is 2.63 bits per heavy atom. The number of unbranched alkanes of at least 4 members (excludes halogenated alkanes) is 1. The van der Waals surface area contributed by atoms with Crippen molar-refractivity contribution in [2.24, 2.45) is 4.99 Å². The zero-order chi connectivity index (χ0) is 20.3. The molecule has 1 rings (SSSR count). The number of hydrogen-bond acceptors (Lipinski definition) is 5. The summed E-state index contributed by atoms with van der Waals surface area (Å²) in [6, 6.07) is 0.0443. The molecule has 2 atom stereocenters. The summed E-state index contributed by atoms with van der Waals surface area (Å²) in [4.78, 5) is 16.5. The highest BCUT2D eigenvalue weighted by atomic mass is 32.2. The van der Waals surface area contributed by atoms with Gasteiger partial charge in [-0.25, -0.2) is 4.79 Å².